The molecular formula is C15H20ClN3O3S. The first-order valence-corrected chi connectivity index (χ1v) is 8.35. The molecule has 0 aliphatic carbocycles. The van der Waals surface area contributed by atoms with E-state index >= 15 is 0 Å². The van der Waals surface area contributed by atoms with Crippen LogP contribution < -0.4 is 10.9 Å². The number of carbonyl (C=O) groups excluding carboxylic acids is 2. The lowest BCUT2D eigenvalue weighted by Gasteiger charge is -2.19. The molecule has 1 unspecified atom stereocenters. The van der Waals surface area contributed by atoms with Crippen LogP contribution in [-0.4, -0.2) is 36.1 Å². The molecule has 126 valence electrons. The molecule has 0 spiro atoms. The molecule has 0 bridgehead atoms. The summed E-state index contributed by atoms with van der Waals surface area (Å²) in [5.74, 6) is -0.436. The number of benzene rings is 1. The number of hydrazine groups is 1. The summed E-state index contributed by atoms with van der Waals surface area (Å²) >= 11 is 7.60. The van der Waals surface area contributed by atoms with Gasteiger partial charge in [0.05, 0.1) is 17.2 Å². The summed E-state index contributed by atoms with van der Waals surface area (Å²) in [7, 11) is 1.69. The molecule has 1 heterocycles. The highest BCUT2D eigenvalue weighted by molar-refractivity contribution is 7.99. The van der Waals surface area contributed by atoms with Gasteiger partial charge >= 0.3 is 12.0 Å². The molecule has 1 aromatic rings. The van der Waals surface area contributed by atoms with Gasteiger partial charge in [-0.3, -0.25) is 5.43 Å². The Labute approximate surface area is 144 Å². The molecule has 1 aliphatic heterocycles. The Hall–Kier alpha value is -1.44. The number of urea groups is 1. The van der Waals surface area contributed by atoms with Gasteiger partial charge in [0, 0.05) is 11.9 Å². The SMILES string of the molecule is CN1C(=O)NNC1Sc1ccc(C(=O)OCC(C)(C)C)c(Cl)c1. The van der Waals surface area contributed by atoms with Gasteiger partial charge in [0.15, 0.2) is 5.50 Å². The summed E-state index contributed by atoms with van der Waals surface area (Å²) in [6.45, 7) is 6.29. The second-order valence-corrected chi connectivity index (χ2v) is 7.99. The van der Waals surface area contributed by atoms with E-state index in [1.54, 1.807) is 25.2 Å². The van der Waals surface area contributed by atoms with E-state index in [-0.39, 0.29) is 16.9 Å². The van der Waals surface area contributed by atoms with E-state index in [2.05, 4.69) is 10.9 Å². The van der Waals surface area contributed by atoms with Gasteiger partial charge < -0.3 is 9.64 Å². The standard InChI is InChI=1S/C15H20ClN3O3S/c1-15(2,3)8-22-12(20)10-6-5-9(7-11(10)16)23-14-18-17-13(21)19(14)4/h5-7,14,18H,8H2,1-4H3,(H,17,21). The van der Waals surface area contributed by atoms with Crippen LogP contribution in [0.4, 0.5) is 4.79 Å². The van der Waals surface area contributed by atoms with Crippen molar-refractivity contribution in [3.8, 4) is 0 Å². The molecule has 23 heavy (non-hydrogen) atoms. The van der Waals surface area contributed by atoms with Crippen molar-refractivity contribution in [3.63, 3.8) is 0 Å². The van der Waals surface area contributed by atoms with Crippen LogP contribution in [0.3, 0.4) is 0 Å². The molecule has 1 aliphatic rings. The van der Waals surface area contributed by atoms with Gasteiger partial charge in [-0.25, -0.2) is 15.0 Å². The largest absolute Gasteiger partial charge is 0.461 e. The topological polar surface area (TPSA) is 70.7 Å². The number of hydrogen-bond acceptors (Lipinski definition) is 5. The minimum atomic E-state index is -0.436. The number of nitrogens with one attached hydrogen (secondary N) is 2. The van der Waals surface area contributed by atoms with Gasteiger partial charge in [-0.1, -0.05) is 44.1 Å². The summed E-state index contributed by atoms with van der Waals surface area (Å²) in [5, 5.41) is 0.328. The van der Waals surface area contributed by atoms with Crippen LogP contribution in [0.2, 0.25) is 5.02 Å². The molecule has 2 N–H and O–H groups in total. The highest BCUT2D eigenvalue weighted by atomic mass is 35.5. The van der Waals surface area contributed by atoms with Gasteiger partial charge in [0.2, 0.25) is 0 Å². The first-order chi connectivity index (χ1) is 10.7. The number of thioether (sulfide) groups is 1. The van der Waals surface area contributed by atoms with E-state index in [0.717, 1.165) is 4.90 Å². The molecule has 0 saturated carbocycles. The molecule has 8 heteroatoms. The fourth-order valence-corrected chi connectivity index (χ4v) is 3.03. The van der Waals surface area contributed by atoms with Crippen LogP contribution in [0.5, 0.6) is 0 Å². The van der Waals surface area contributed by atoms with Crippen molar-refractivity contribution in [1.82, 2.24) is 15.8 Å². The lowest BCUT2D eigenvalue weighted by Crippen LogP contribution is -2.31. The van der Waals surface area contributed by atoms with Crippen molar-refractivity contribution in [1.29, 1.82) is 0 Å². The van der Waals surface area contributed by atoms with Crippen molar-refractivity contribution in [3.05, 3.63) is 28.8 Å². The van der Waals surface area contributed by atoms with Crippen molar-refractivity contribution >= 4 is 35.4 Å². The van der Waals surface area contributed by atoms with Gasteiger partial charge in [0.1, 0.15) is 0 Å². The lowest BCUT2D eigenvalue weighted by atomic mass is 9.99. The Morgan fingerprint density at radius 2 is 2.13 bits per heavy atom. The molecule has 6 nitrogen and oxygen atoms in total. The van der Waals surface area contributed by atoms with Crippen LogP contribution in [0.1, 0.15) is 31.1 Å². The Morgan fingerprint density at radius 3 is 2.65 bits per heavy atom. The molecular weight excluding hydrogens is 338 g/mol. The second-order valence-electron chi connectivity index (χ2n) is 6.43. The zero-order valence-corrected chi connectivity index (χ0v) is 15.0. The van der Waals surface area contributed by atoms with E-state index < -0.39 is 5.97 Å². The first-order valence-electron chi connectivity index (χ1n) is 7.09. The van der Waals surface area contributed by atoms with E-state index in [4.69, 9.17) is 16.3 Å². The van der Waals surface area contributed by atoms with E-state index in [1.807, 2.05) is 20.8 Å². The summed E-state index contributed by atoms with van der Waals surface area (Å²) in [6, 6.07) is 4.91. The maximum atomic E-state index is 12.1. The van der Waals surface area contributed by atoms with Crippen LogP contribution in [0.15, 0.2) is 23.1 Å². The quantitative estimate of drug-likeness (QED) is 0.810. The monoisotopic (exact) mass is 357 g/mol. The second kappa shape index (κ2) is 6.98. The Bertz CT molecular complexity index is 618. The molecule has 1 atom stereocenters. The molecule has 0 radical (unpaired) electrons. The molecule has 2 amide bonds. The fourth-order valence-electron chi connectivity index (χ4n) is 1.75. The molecule has 2 rings (SSSR count). The van der Waals surface area contributed by atoms with Gasteiger partial charge in [-0.2, -0.15) is 0 Å². The number of ether oxygens (including phenoxy) is 1. The number of halogens is 1. The average molecular weight is 358 g/mol. The molecule has 0 aromatic heterocycles. The summed E-state index contributed by atoms with van der Waals surface area (Å²) in [4.78, 5) is 25.8. The smallest absolute Gasteiger partial charge is 0.339 e. The van der Waals surface area contributed by atoms with Crippen molar-refractivity contribution < 1.29 is 14.3 Å². The zero-order chi connectivity index (χ0) is 17.2. The molecule has 1 saturated heterocycles. The number of nitrogens with zero attached hydrogens (tertiary/aromatic N) is 1. The van der Waals surface area contributed by atoms with Crippen molar-refractivity contribution in [2.75, 3.05) is 13.7 Å². The number of amides is 2. The van der Waals surface area contributed by atoms with E-state index in [1.165, 1.54) is 16.7 Å². The third-order valence-electron chi connectivity index (χ3n) is 3.02. The van der Waals surface area contributed by atoms with Crippen molar-refractivity contribution in [2.45, 2.75) is 31.2 Å². The highest BCUT2D eigenvalue weighted by Crippen LogP contribution is 2.29. The van der Waals surface area contributed by atoms with E-state index in [0.29, 0.717) is 17.2 Å². The maximum absolute atomic E-state index is 12.1. The zero-order valence-electron chi connectivity index (χ0n) is 13.5. The highest BCUT2D eigenvalue weighted by Gasteiger charge is 2.27. The van der Waals surface area contributed by atoms with Crippen molar-refractivity contribution in [2.24, 2.45) is 5.41 Å². The minimum Gasteiger partial charge on any atom is -0.461 e. The number of carbonyl (C=O) groups is 2. The van der Waals surface area contributed by atoms with E-state index in [9.17, 15) is 9.59 Å². The number of rotatable bonds is 4. The number of hydrogen-bond donors (Lipinski definition) is 2. The third-order valence-corrected chi connectivity index (χ3v) is 4.52. The Morgan fingerprint density at radius 1 is 1.43 bits per heavy atom. The predicted octanol–water partition coefficient (Wildman–Crippen LogP) is 3.08. The normalized spacial score (nSPS) is 18.0. The fraction of sp³-hybridized carbons (Fsp3) is 0.467. The van der Waals surface area contributed by atoms with Crippen LogP contribution in [0.25, 0.3) is 0 Å². The Balaban J connectivity index is 2.03. The summed E-state index contributed by atoms with van der Waals surface area (Å²) < 4.78 is 5.27. The van der Waals surface area contributed by atoms with Crippen LogP contribution in [-0.2, 0) is 4.74 Å². The van der Waals surface area contributed by atoms with Crippen LogP contribution in [0, 0.1) is 5.41 Å². The Kier molecular flexibility index (Phi) is 5.44. The van der Waals surface area contributed by atoms with Gasteiger partial charge in [0.25, 0.3) is 0 Å². The molecule has 1 fully saturated rings. The summed E-state index contributed by atoms with van der Waals surface area (Å²) in [6.07, 6.45) is 0. The lowest BCUT2D eigenvalue weighted by molar-refractivity contribution is 0.0367. The number of esters is 1. The first kappa shape index (κ1) is 17.9. The van der Waals surface area contributed by atoms with Gasteiger partial charge in [-0.05, 0) is 23.6 Å². The summed E-state index contributed by atoms with van der Waals surface area (Å²) in [5.41, 5.74) is 5.37. The predicted molar refractivity (Wildman–Crippen MR) is 90.3 cm³/mol. The van der Waals surface area contributed by atoms with Gasteiger partial charge in [-0.15, -0.1) is 0 Å². The molecule has 1 aromatic carbocycles. The average Bonchev–Trinajstić information content (AvgIpc) is 2.76. The minimum absolute atomic E-state index is 0.101. The van der Waals surface area contributed by atoms with Crippen LogP contribution >= 0.6 is 23.4 Å². The third kappa shape index (κ3) is 4.76. The maximum Gasteiger partial charge on any atom is 0.339 e.